The Labute approximate surface area is 142 Å². The third-order valence-corrected chi connectivity index (χ3v) is 4.78. The van der Waals surface area contributed by atoms with Gasteiger partial charge in [-0.25, -0.2) is 4.39 Å². The minimum absolute atomic E-state index is 0.307. The zero-order chi connectivity index (χ0) is 16.9. The molecular formula is C18H24FN5. The number of hydrogen-bond donors (Lipinski definition) is 2. The van der Waals surface area contributed by atoms with Gasteiger partial charge in [-0.1, -0.05) is 0 Å². The summed E-state index contributed by atoms with van der Waals surface area (Å²) in [5.41, 5.74) is 0.934. The lowest BCUT2D eigenvalue weighted by Gasteiger charge is -2.33. The number of likely N-dealkylation sites (tertiary alicyclic amines) is 1. The zero-order valence-electron chi connectivity index (χ0n) is 14.1. The smallest absolute Gasteiger partial charge is 0.191 e. The minimum Gasteiger partial charge on any atom is -0.354 e. The second-order valence-corrected chi connectivity index (χ2v) is 6.53. The van der Waals surface area contributed by atoms with Crippen LogP contribution in [0.3, 0.4) is 0 Å². The Morgan fingerprint density at radius 2 is 2.08 bits per heavy atom. The fourth-order valence-corrected chi connectivity index (χ4v) is 3.20. The predicted molar refractivity (Wildman–Crippen MR) is 92.1 cm³/mol. The van der Waals surface area contributed by atoms with E-state index in [-0.39, 0.29) is 5.82 Å². The Bertz CT molecular complexity index is 639. The van der Waals surface area contributed by atoms with Gasteiger partial charge >= 0.3 is 0 Å². The molecule has 24 heavy (non-hydrogen) atoms. The Morgan fingerprint density at radius 1 is 1.33 bits per heavy atom. The summed E-state index contributed by atoms with van der Waals surface area (Å²) < 4.78 is 13.8. The van der Waals surface area contributed by atoms with Crippen molar-refractivity contribution in [3.8, 4) is 6.07 Å². The highest BCUT2D eigenvalue weighted by molar-refractivity contribution is 5.80. The molecule has 1 aliphatic heterocycles. The number of halogens is 1. The van der Waals surface area contributed by atoms with Crippen molar-refractivity contribution in [3.63, 3.8) is 0 Å². The van der Waals surface area contributed by atoms with Crippen LogP contribution >= 0.6 is 0 Å². The molecule has 0 amide bonds. The van der Waals surface area contributed by atoms with Crippen LogP contribution in [0.1, 0.15) is 36.8 Å². The van der Waals surface area contributed by atoms with Gasteiger partial charge in [0.05, 0.1) is 11.6 Å². The quantitative estimate of drug-likeness (QED) is 0.655. The van der Waals surface area contributed by atoms with E-state index in [1.165, 1.54) is 25.0 Å². The van der Waals surface area contributed by atoms with Crippen molar-refractivity contribution in [2.75, 3.05) is 20.1 Å². The van der Waals surface area contributed by atoms with E-state index < -0.39 is 0 Å². The highest BCUT2D eigenvalue weighted by atomic mass is 19.1. The van der Waals surface area contributed by atoms with E-state index in [0.717, 1.165) is 32.0 Å². The number of hydrogen-bond acceptors (Lipinski definition) is 3. The van der Waals surface area contributed by atoms with E-state index in [1.807, 2.05) is 6.07 Å². The molecule has 6 heteroatoms. The van der Waals surface area contributed by atoms with E-state index in [0.29, 0.717) is 29.7 Å². The molecule has 2 aliphatic rings. The monoisotopic (exact) mass is 329 g/mol. The van der Waals surface area contributed by atoms with Crippen molar-refractivity contribution in [2.24, 2.45) is 4.99 Å². The fraction of sp³-hybridized carbons (Fsp3) is 0.556. The SMILES string of the molecule is CN=C(NCc1cc(C#N)ccc1F)NC1CCN(C2CC2)CC1. The predicted octanol–water partition coefficient (Wildman–Crippen LogP) is 1.99. The number of rotatable bonds is 4. The van der Waals surface area contributed by atoms with Gasteiger partial charge in [0.1, 0.15) is 5.82 Å². The van der Waals surface area contributed by atoms with E-state index in [2.05, 4.69) is 20.5 Å². The number of nitriles is 1. The molecule has 5 nitrogen and oxygen atoms in total. The molecule has 2 N–H and O–H groups in total. The summed E-state index contributed by atoms with van der Waals surface area (Å²) in [7, 11) is 1.72. The van der Waals surface area contributed by atoms with Gasteiger partial charge in [0, 0.05) is 44.3 Å². The van der Waals surface area contributed by atoms with Crippen LogP contribution < -0.4 is 10.6 Å². The van der Waals surface area contributed by atoms with Gasteiger partial charge in [0.15, 0.2) is 5.96 Å². The maximum absolute atomic E-state index is 13.8. The number of aliphatic imine (C=N–C) groups is 1. The molecule has 1 aromatic carbocycles. The standard InChI is InChI=1S/C18H24FN5/c1-21-18(22-12-14-10-13(11-20)2-5-17(14)19)23-15-6-8-24(9-7-15)16-3-4-16/h2,5,10,15-16H,3-4,6-9,12H2,1H3,(H2,21,22,23). The minimum atomic E-state index is -0.310. The molecule has 0 aromatic heterocycles. The molecular weight excluding hydrogens is 305 g/mol. The largest absolute Gasteiger partial charge is 0.354 e. The molecule has 3 rings (SSSR count). The summed E-state index contributed by atoms with van der Waals surface area (Å²) in [5, 5.41) is 15.5. The molecule has 0 atom stereocenters. The number of guanidine groups is 1. The molecule has 1 aromatic rings. The van der Waals surface area contributed by atoms with Crippen molar-refractivity contribution in [1.82, 2.24) is 15.5 Å². The molecule has 0 unspecified atom stereocenters. The second kappa shape index (κ2) is 7.63. The Balaban J connectivity index is 1.49. The third kappa shape index (κ3) is 4.24. The number of benzene rings is 1. The van der Waals surface area contributed by atoms with Crippen LogP contribution in [0.2, 0.25) is 0 Å². The van der Waals surface area contributed by atoms with Crippen molar-refractivity contribution in [2.45, 2.75) is 44.3 Å². The molecule has 0 bridgehead atoms. The highest BCUT2D eigenvalue weighted by Gasteiger charge is 2.31. The average molecular weight is 329 g/mol. The molecule has 2 fully saturated rings. The summed E-state index contributed by atoms with van der Waals surface area (Å²) in [5.74, 6) is 0.372. The molecule has 1 aliphatic carbocycles. The zero-order valence-corrected chi connectivity index (χ0v) is 14.1. The van der Waals surface area contributed by atoms with Crippen molar-refractivity contribution in [1.29, 1.82) is 5.26 Å². The molecule has 128 valence electrons. The van der Waals surface area contributed by atoms with Gasteiger partial charge in [-0.3, -0.25) is 4.99 Å². The summed E-state index contributed by atoms with van der Waals surface area (Å²) in [6.45, 7) is 2.58. The Morgan fingerprint density at radius 3 is 2.71 bits per heavy atom. The number of nitrogens with one attached hydrogen (secondary N) is 2. The van der Waals surface area contributed by atoms with Gasteiger partial charge in [-0.15, -0.1) is 0 Å². The van der Waals surface area contributed by atoms with Crippen LogP contribution in [0.25, 0.3) is 0 Å². The van der Waals surface area contributed by atoms with Gasteiger partial charge in [0.2, 0.25) is 0 Å². The molecule has 1 heterocycles. The van der Waals surface area contributed by atoms with Crippen LogP contribution in [-0.4, -0.2) is 43.1 Å². The van der Waals surface area contributed by atoms with Gasteiger partial charge in [-0.2, -0.15) is 5.26 Å². The summed E-state index contributed by atoms with van der Waals surface area (Å²) in [4.78, 5) is 6.81. The first-order valence-electron chi connectivity index (χ1n) is 8.59. The van der Waals surface area contributed by atoms with Crippen LogP contribution in [0.15, 0.2) is 23.2 Å². The summed E-state index contributed by atoms with van der Waals surface area (Å²) in [6, 6.07) is 7.66. The first kappa shape index (κ1) is 16.7. The van der Waals surface area contributed by atoms with Crippen molar-refractivity contribution < 1.29 is 4.39 Å². The van der Waals surface area contributed by atoms with Crippen molar-refractivity contribution >= 4 is 5.96 Å². The van der Waals surface area contributed by atoms with E-state index in [1.54, 1.807) is 13.1 Å². The van der Waals surface area contributed by atoms with Crippen LogP contribution in [0.4, 0.5) is 4.39 Å². The van der Waals surface area contributed by atoms with E-state index in [9.17, 15) is 4.39 Å². The van der Waals surface area contributed by atoms with Crippen LogP contribution in [0, 0.1) is 17.1 Å². The maximum Gasteiger partial charge on any atom is 0.191 e. The highest BCUT2D eigenvalue weighted by Crippen LogP contribution is 2.29. The van der Waals surface area contributed by atoms with Gasteiger partial charge in [0.25, 0.3) is 0 Å². The third-order valence-electron chi connectivity index (χ3n) is 4.78. The lowest BCUT2D eigenvalue weighted by Crippen LogP contribution is -2.48. The molecule has 1 saturated heterocycles. The normalized spacial score (nSPS) is 19.8. The molecule has 0 spiro atoms. The topological polar surface area (TPSA) is 63.5 Å². The Kier molecular flexibility index (Phi) is 5.31. The average Bonchev–Trinajstić information content (AvgIpc) is 3.45. The van der Waals surface area contributed by atoms with E-state index >= 15 is 0 Å². The lowest BCUT2D eigenvalue weighted by molar-refractivity contribution is 0.197. The van der Waals surface area contributed by atoms with Gasteiger partial charge < -0.3 is 15.5 Å². The summed E-state index contributed by atoms with van der Waals surface area (Å²) in [6.07, 6.45) is 4.92. The fourth-order valence-electron chi connectivity index (χ4n) is 3.20. The van der Waals surface area contributed by atoms with Crippen molar-refractivity contribution in [3.05, 3.63) is 35.1 Å². The first-order chi connectivity index (χ1) is 11.7. The van der Waals surface area contributed by atoms with Gasteiger partial charge in [-0.05, 0) is 43.9 Å². The second-order valence-electron chi connectivity index (χ2n) is 6.53. The Hall–Kier alpha value is -2.13. The molecule has 1 saturated carbocycles. The number of piperidine rings is 1. The van der Waals surface area contributed by atoms with Crippen LogP contribution in [0.5, 0.6) is 0 Å². The van der Waals surface area contributed by atoms with Crippen LogP contribution in [-0.2, 0) is 6.54 Å². The maximum atomic E-state index is 13.8. The first-order valence-corrected chi connectivity index (χ1v) is 8.59. The van der Waals surface area contributed by atoms with E-state index in [4.69, 9.17) is 5.26 Å². The lowest BCUT2D eigenvalue weighted by atomic mass is 10.1. The number of nitrogens with zero attached hydrogens (tertiary/aromatic N) is 3. The summed E-state index contributed by atoms with van der Waals surface area (Å²) >= 11 is 0. The molecule has 0 radical (unpaired) electrons.